The van der Waals surface area contributed by atoms with Gasteiger partial charge >= 0.3 is 11.9 Å². The molecule has 0 aliphatic carbocycles. The molecule has 0 fully saturated rings. The summed E-state index contributed by atoms with van der Waals surface area (Å²) in [5.74, 6) is -13.2. The number of hydrogen-bond donors (Lipinski definition) is 13. The third kappa shape index (κ3) is 7.19. The van der Waals surface area contributed by atoms with Crippen molar-refractivity contribution in [2.24, 2.45) is 0 Å². The predicted octanol–water partition coefficient (Wildman–Crippen LogP) is 4.18. The van der Waals surface area contributed by atoms with Crippen molar-refractivity contribution in [2.75, 3.05) is 0 Å². The first-order valence-electron chi connectivity index (χ1n) is 18.4. The molecule has 0 spiro atoms. The number of benzene rings is 5. The van der Waals surface area contributed by atoms with Crippen LogP contribution in [0.5, 0.6) is 86.2 Å². The molecule has 0 saturated carbocycles. The number of hydrogen-bond acceptors (Lipinski definition) is 20. The van der Waals surface area contributed by atoms with Gasteiger partial charge in [-0.05, 0) is 47.9 Å². The average molecular weight is 869 g/mol. The predicted molar refractivity (Wildman–Crippen MR) is 210 cm³/mol. The molecular weight excluding hydrogens is 836 g/mol. The normalized spacial score (nSPS) is 17.7. The Balaban J connectivity index is 1.31. The molecule has 20 heteroatoms. The van der Waals surface area contributed by atoms with E-state index in [1.165, 1.54) is 0 Å². The molecule has 6 aromatic carbocycles. The number of ether oxygens (including phenoxy) is 4. The molecule has 8 rings (SSSR count). The fourth-order valence-electron chi connectivity index (χ4n) is 7.54. The van der Waals surface area contributed by atoms with Crippen molar-refractivity contribution in [1.82, 2.24) is 0 Å². The lowest BCUT2D eigenvalue weighted by Gasteiger charge is -2.35. The summed E-state index contributed by atoms with van der Waals surface area (Å²) in [7, 11) is 0. The Morgan fingerprint density at radius 3 is 1.38 bits per heavy atom. The van der Waals surface area contributed by atoms with Crippen molar-refractivity contribution >= 4 is 22.7 Å². The van der Waals surface area contributed by atoms with Gasteiger partial charge in [0.15, 0.2) is 64.0 Å². The zero-order chi connectivity index (χ0) is 45.3. The van der Waals surface area contributed by atoms with Crippen LogP contribution in [0.4, 0.5) is 0 Å². The summed E-state index contributed by atoms with van der Waals surface area (Å²) >= 11 is 0. The molecule has 0 radical (unpaired) electrons. The fourth-order valence-corrected chi connectivity index (χ4v) is 7.54. The zero-order valence-corrected chi connectivity index (χ0v) is 31.7. The van der Waals surface area contributed by atoms with Crippen LogP contribution in [0, 0.1) is 0 Å². The van der Waals surface area contributed by atoms with Gasteiger partial charge in [-0.25, -0.2) is 9.59 Å². The van der Waals surface area contributed by atoms with Gasteiger partial charge in [-0.1, -0.05) is 0 Å². The number of aromatic hydroxyl groups is 13. The van der Waals surface area contributed by atoms with E-state index in [0.29, 0.717) is 0 Å². The number of carbonyl (C=O) groups is 2. The van der Waals surface area contributed by atoms with Crippen LogP contribution in [0.1, 0.15) is 55.2 Å². The summed E-state index contributed by atoms with van der Waals surface area (Å²) in [6.07, 6.45) is -7.15. The fraction of sp³-hybridized carbons (Fsp3) is 0.140. The van der Waals surface area contributed by atoms with Crippen molar-refractivity contribution in [2.45, 2.75) is 37.3 Å². The standard InChI is InChI=1S/C43H32O20/c44-17-7-23(46)21-12-33(62-42(58)15-3-25(48)36(54)26(49)4-15)40(60-31(21)9-17)14-1-19-20(11-30(53)39(57)35(19)38(56)29(52)2-14)41-34(13-22-24(47)8-18(45)10-32(22)61-41)63-43(59)16-5-27(50)37(55)28(51)6-16/h1-11,33-34,40-41,44-51,53-55,57H,12-13H2,(H,52,56)/t33-,34+,40?,41+/m0/s1. The molecule has 0 aromatic heterocycles. The second-order valence-electron chi connectivity index (χ2n) is 14.6. The molecule has 2 aliphatic heterocycles. The molecular formula is C43H32O20. The number of phenolic OH excluding ortho intramolecular Hbond substituents is 12. The van der Waals surface area contributed by atoms with E-state index in [4.69, 9.17) is 18.9 Å². The maximum Gasteiger partial charge on any atom is 0.338 e. The highest BCUT2D eigenvalue weighted by molar-refractivity contribution is 5.95. The van der Waals surface area contributed by atoms with Gasteiger partial charge in [-0.3, -0.25) is 4.79 Å². The zero-order valence-electron chi connectivity index (χ0n) is 31.7. The monoisotopic (exact) mass is 868 g/mol. The van der Waals surface area contributed by atoms with Crippen LogP contribution in [0.2, 0.25) is 0 Å². The molecule has 0 bridgehead atoms. The second-order valence-corrected chi connectivity index (χ2v) is 14.6. The first kappa shape index (κ1) is 40.9. The topological polar surface area (TPSA) is 351 Å². The first-order chi connectivity index (χ1) is 29.8. The van der Waals surface area contributed by atoms with E-state index >= 15 is 0 Å². The van der Waals surface area contributed by atoms with E-state index in [9.17, 15) is 80.8 Å². The van der Waals surface area contributed by atoms with Gasteiger partial charge < -0.3 is 85.3 Å². The van der Waals surface area contributed by atoms with Crippen LogP contribution in [0.15, 0.2) is 71.5 Å². The van der Waals surface area contributed by atoms with Crippen LogP contribution in [0.3, 0.4) is 0 Å². The molecule has 2 heterocycles. The van der Waals surface area contributed by atoms with E-state index in [0.717, 1.165) is 66.7 Å². The lowest BCUT2D eigenvalue weighted by molar-refractivity contribution is -0.0194. The highest BCUT2D eigenvalue weighted by atomic mass is 16.6. The third-order valence-electron chi connectivity index (χ3n) is 10.5. The molecule has 0 saturated heterocycles. The van der Waals surface area contributed by atoms with E-state index in [1.807, 2.05) is 0 Å². The molecule has 324 valence electrons. The van der Waals surface area contributed by atoms with Crippen LogP contribution in [-0.2, 0) is 22.3 Å². The summed E-state index contributed by atoms with van der Waals surface area (Å²) < 4.78 is 23.9. The first-order valence-corrected chi connectivity index (χ1v) is 18.4. The van der Waals surface area contributed by atoms with Gasteiger partial charge in [-0.2, -0.15) is 0 Å². The van der Waals surface area contributed by atoms with Gasteiger partial charge in [-0.15, -0.1) is 0 Å². The smallest absolute Gasteiger partial charge is 0.338 e. The van der Waals surface area contributed by atoms with Crippen LogP contribution in [0.25, 0.3) is 10.8 Å². The summed E-state index contributed by atoms with van der Waals surface area (Å²) in [5.41, 5.74) is -2.71. The van der Waals surface area contributed by atoms with Crippen LogP contribution >= 0.6 is 0 Å². The van der Waals surface area contributed by atoms with Crippen molar-refractivity contribution in [3.05, 3.63) is 110 Å². The minimum absolute atomic E-state index is 0.000315. The van der Waals surface area contributed by atoms with Gasteiger partial charge in [0.2, 0.25) is 5.43 Å². The van der Waals surface area contributed by atoms with Gasteiger partial charge in [0, 0.05) is 59.4 Å². The van der Waals surface area contributed by atoms with E-state index in [2.05, 4.69) is 0 Å². The maximum atomic E-state index is 14.0. The quantitative estimate of drug-likeness (QED) is 0.0824. The van der Waals surface area contributed by atoms with Gasteiger partial charge in [0.05, 0.1) is 16.5 Å². The number of carbonyl (C=O) groups excluding carboxylic acids is 2. The SMILES string of the molecule is O=C(O[C@H]1Cc2c(O)cc(O)cc2OC1c1cc(O)c(=O)c2c(O)c(O)cc([C@H]3Oc4cc(O)cc(O)c4C[C@H]3OC(=O)c3cc(O)c(O)c(O)c3)c2c1)c1cc(O)c(O)c(O)c1. The molecule has 1 unspecified atom stereocenters. The summed E-state index contributed by atoms with van der Waals surface area (Å²) in [6, 6.07) is 10.2. The molecule has 6 aromatic rings. The van der Waals surface area contributed by atoms with Crippen molar-refractivity contribution in [3.8, 4) is 86.2 Å². The molecule has 2 aliphatic rings. The highest BCUT2D eigenvalue weighted by Crippen LogP contribution is 2.49. The Morgan fingerprint density at radius 2 is 0.905 bits per heavy atom. The summed E-state index contributed by atoms with van der Waals surface area (Å²) in [6.45, 7) is 0. The number of fused-ring (bicyclic) bond motifs is 3. The van der Waals surface area contributed by atoms with E-state index < -0.39 is 139 Å². The van der Waals surface area contributed by atoms with Crippen molar-refractivity contribution in [3.63, 3.8) is 0 Å². The number of phenols is 12. The minimum Gasteiger partial charge on any atom is -0.508 e. The molecule has 20 nitrogen and oxygen atoms in total. The van der Waals surface area contributed by atoms with E-state index in [1.54, 1.807) is 0 Å². The van der Waals surface area contributed by atoms with Crippen molar-refractivity contribution < 1.29 is 94.9 Å². The average Bonchev–Trinajstić information content (AvgIpc) is 3.35. The minimum atomic E-state index is -1.65. The Labute approximate surface area is 351 Å². The molecule has 0 amide bonds. The molecule has 13 N–H and O–H groups in total. The lowest BCUT2D eigenvalue weighted by Crippen LogP contribution is -2.35. The molecule has 4 atom stereocenters. The second kappa shape index (κ2) is 15.0. The van der Waals surface area contributed by atoms with Crippen LogP contribution in [-0.4, -0.2) is 90.5 Å². The Morgan fingerprint density at radius 1 is 0.476 bits per heavy atom. The Hall–Kier alpha value is -8.81. The molecule has 63 heavy (non-hydrogen) atoms. The maximum absolute atomic E-state index is 14.0. The van der Waals surface area contributed by atoms with Crippen LogP contribution < -0.4 is 14.9 Å². The third-order valence-corrected chi connectivity index (χ3v) is 10.5. The largest absolute Gasteiger partial charge is 0.508 e. The Bertz CT molecular complexity index is 2950. The number of rotatable bonds is 6. The Kier molecular flexibility index (Phi) is 9.77. The summed E-state index contributed by atoms with van der Waals surface area (Å²) in [5, 5.41) is 135. The van der Waals surface area contributed by atoms with Gasteiger partial charge in [0.25, 0.3) is 0 Å². The van der Waals surface area contributed by atoms with Crippen molar-refractivity contribution in [1.29, 1.82) is 0 Å². The highest BCUT2D eigenvalue weighted by Gasteiger charge is 2.41. The number of esters is 2. The lowest BCUT2D eigenvalue weighted by atomic mass is 9.89. The summed E-state index contributed by atoms with van der Waals surface area (Å²) in [4.78, 5) is 41.1. The van der Waals surface area contributed by atoms with E-state index in [-0.39, 0.29) is 45.6 Å². The van der Waals surface area contributed by atoms with Gasteiger partial charge in [0.1, 0.15) is 46.7 Å².